The monoisotopic (exact) mass is 511 g/mol. The van der Waals surface area contributed by atoms with Gasteiger partial charge in [0, 0.05) is 41.5 Å². The predicted octanol–water partition coefficient (Wildman–Crippen LogP) is 5.68. The Morgan fingerprint density at radius 3 is 2.69 bits per heavy atom. The van der Waals surface area contributed by atoms with Crippen LogP contribution in [0, 0.1) is 22.7 Å². The van der Waals surface area contributed by atoms with Crippen LogP contribution in [0.2, 0.25) is 5.02 Å². The van der Waals surface area contributed by atoms with Crippen LogP contribution in [0.4, 0.5) is 10.6 Å². The maximum atomic E-state index is 13.1. The van der Waals surface area contributed by atoms with Crippen LogP contribution in [0.1, 0.15) is 71.7 Å². The number of halogens is 1. The normalized spacial score (nSPS) is 20.8. The van der Waals surface area contributed by atoms with Gasteiger partial charge < -0.3 is 19.9 Å². The third kappa shape index (κ3) is 5.84. The lowest BCUT2D eigenvalue weighted by Gasteiger charge is -2.30. The van der Waals surface area contributed by atoms with E-state index in [2.05, 4.69) is 40.1 Å². The number of aromatic nitrogens is 2. The van der Waals surface area contributed by atoms with E-state index in [1.54, 1.807) is 6.07 Å². The quantitative estimate of drug-likeness (QED) is 0.548. The lowest BCUT2D eigenvalue weighted by Crippen LogP contribution is -2.43. The molecular formula is C27H34ClN5O3. The first-order chi connectivity index (χ1) is 16.8. The van der Waals surface area contributed by atoms with Crippen LogP contribution in [0.5, 0.6) is 0 Å². The van der Waals surface area contributed by atoms with Crippen LogP contribution in [0.3, 0.4) is 0 Å². The molecule has 1 aliphatic heterocycles. The second-order valence-electron chi connectivity index (χ2n) is 11.7. The van der Waals surface area contributed by atoms with Gasteiger partial charge >= 0.3 is 6.09 Å². The minimum atomic E-state index is -0.572. The van der Waals surface area contributed by atoms with Crippen LogP contribution < -0.4 is 10.6 Å². The zero-order valence-electron chi connectivity index (χ0n) is 21.6. The SMILES string of the molecule is CC1(C)Cc2c(-c3cc(NC(=O)[C@H]4CCCC(NC(=O)OC(C)(C)C)C4)ncc3Cl)cc(C#N)n2C1. The number of hydrogen-bond acceptors (Lipinski definition) is 5. The fourth-order valence-corrected chi connectivity index (χ4v) is 5.40. The average molecular weight is 512 g/mol. The van der Waals surface area contributed by atoms with Crippen LogP contribution in [-0.4, -0.2) is 33.2 Å². The molecule has 1 unspecified atom stereocenters. The molecule has 2 aromatic rings. The Hall–Kier alpha value is -3.05. The molecule has 2 atom stereocenters. The van der Waals surface area contributed by atoms with Crippen molar-refractivity contribution in [1.29, 1.82) is 5.26 Å². The molecule has 0 spiro atoms. The summed E-state index contributed by atoms with van der Waals surface area (Å²) in [6, 6.07) is 5.82. The molecule has 1 saturated carbocycles. The van der Waals surface area contributed by atoms with Gasteiger partial charge in [0.1, 0.15) is 23.2 Å². The summed E-state index contributed by atoms with van der Waals surface area (Å²) in [5.74, 6) is 0.0362. The third-order valence-corrected chi connectivity index (χ3v) is 7.02. The summed E-state index contributed by atoms with van der Waals surface area (Å²) < 4.78 is 7.42. The van der Waals surface area contributed by atoms with E-state index in [9.17, 15) is 14.9 Å². The molecule has 0 radical (unpaired) electrons. The van der Waals surface area contributed by atoms with Crippen molar-refractivity contribution < 1.29 is 14.3 Å². The molecule has 8 nitrogen and oxygen atoms in total. The number of nitrogens with one attached hydrogen (secondary N) is 2. The van der Waals surface area contributed by atoms with Crippen molar-refractivity contribution in [2.75, 3.05) is 5.32 Å². The van der Waals surface area contributed by atoms with Crippen molar-refractivity contribution in [3.63, 3.8) is 0 Å². The van der Waals surface area contributed by atoms with Gasteiger partial charge in [-0.3, -0.25) is 4.79 Å². The van der Waals surface area contributed by atoms with Crippen molar-refractivity contribution in [2.24, 2.45) is 11.3 Å². The summed E-state index contributed by atoms with van der Waals surface area (Å²) in [6.07, 6.45) is 4.84. The largest absolute Gasteiger partial charge is 0.444 e. The summed E-state index contributed by atoms with van der Waals surface area (Å²) >= 11 is 6.54. The standard InChI is InChI=1S/C27H34ClN5O3/c1-26(2,3)36-25(35)31-17-8-6-7-16(9-17)24(34)32-23-11-19(21(28)14-30-23)20-10-18(13-29)33-15-27(4,5)12-22(20)33/h10-11,14,16-17H,6-9,12,15H2,1-5H3,(H,31,35)(H,30,32,34)/t16-,17?/m0/s1. The summed E-state index contributed by atoms with van der Waals surface area (Å²) in [5.41, 5.74) is 2.81. The predicted molar refractivity (Wildman–Crippen MR) is 139 cm³/mol. The minimum Gasteiger partial charge on any atom is -0.444 e. The fourth-order valence-electron chi connectivity index (χ4n) is 5.20. The van der Waals surface area contributed by atoms with E-state index in [0.29, 0.717) is 23.0 Å². The van der Waals surface area contributed by atoms with Gasteiger partial charge in [0.2, 0.25) is 5.91 Å². The van der Waals surface area contributed by atoms with Gasteiger partial charge in [-0.25, -0.2) is 9.78 Å². The number of nitrogens with zero attached hydrogens (tertiary/aromatic N) is 3. The first-order valence-corrected chi connectivity index (χ1v) is 12.8. The van der Waals surface area contributed by atoms with E-state index >= 15 is 0 Å². The molecule has 2 N–H and O–H groups in total. The Morgan fingerprint density at radius 1 is 1.25 bits per heavy atom. The Balaban J connectivity index is 1.48. The number of rotatable bonds is 4. The minimum absolute atomic E-state index is 0.0539. The number of amides is 2. The fraction of sp³-hybridized carbons (Fsp3) is 0.556. The van der Waals surface area contributed by atoms with E-state index in [0.717, 1.165) is 49.0 Å². The van der Waals surface area contributed by atoms with E-state index in [-0.39, 0.29) is 23.3 Å². The lowest BCUT2D eigenvalue weighted by atomic mass is 9.85. The van der Waals surface area contributed by atoms with E-state index in [1.165, 1.54) is 6.20 Å². The van der Waals surface area contributed by atoms with Crippen LogP contribution in [0.15, 0.2) is 18.3 Å². The number of ether oxygens (including phenoxy) is 1. The van der Waals surface area contributed by atoms with Gasteiger partial charge in [-0.1, -0.05) is 31.9 Å². The van der Waals surface area contributed by atoms with Crippen molar-refractivity contribution in [3.8, 4) is 17.2 Å². The Bertz CT molecular complexity index is 1220. The molecular weight excluding hydrogens is 478 g/mol. The molecule has 2 amide bonds. The second kappa shape index (κ2) is 9.78. The summed E-state index contributed by atoms with van der Waals surface area (Å²) in [6.45, 7) is 10.6. The van der Waals surface area contributed by atoms with Gasteiger partial charge in [-0.2, -0.15) is 5.26 Å². The number of nitriles is 1. The van der Waals surface area contributed by atoms with Gasteiger partial charge in [0.05, 0.1) is 5.02 Å². The molecule has 0 saturated heterocycles. The molecule has 4 rings (SSSR count). The average Bonchev–Trinajstić information content (AvgIpc) is 3.26. The number of carbonyl (C=O) groups excluding carboxylic acids is 2. The van der Waals surface area contributed by atoms with Crippen molar-refractivity contribution >= 4 is 29.4 Å². The number of carbonyl (C=O) groups is 2. The molecule has 2 aromatic heterocycles. The first-order valence-electron chi connectivity index (χ1n) is 12.4. The highest BCUT2D eigenvalue weighted by Gasteiger charge is 2.34. The van der Waals surface area contributed by atoms with Gasteiger partial charge in [-0.15, -0.1) is 0 Å². The summed E-state index contributed by atoms with van der Waals surface area (Å²) in [7, 11) is 0. The van der Waals surface area contributed by atoms with Crippen molar-refractivity contribution in [3.05, 3.63) is 34.7 Å². The van der Waals surface area contributed by atoms with Gasteiger partial charge in [0.25, 0.3) is 0 Å². The van der Waals surface area contributed by atoms with E-state index < -0.39 is 11.7 Å². The maximum absolute atomic E-state index is 13.1. The topological polar surface area (TPSA) is 109 Å². The zero-order chi connectivity index (χ0) is 26.3. The number of fused-ring (bicyclic) bond motifs is 1. The maximum Gasteiger partial charge on any atom is 0.407 e. The number of hydrogen-bond donors (Lipinski definition) is 2. The highest BCUT2D eigenvalue weighted by molar-refractivity contribution is 6.33. The Morgan fingerprint density at radius 2 is 2.00 bits per heavy atom. The Labute approximate surface area is 217 Å². The molecule has 0 aromatic carbocycles. The summed E-state index contributed by atoms with van der Waals surface area (Å²) in [4.78, 5) is 29.6. The first kappa shape index (κ1) is 26.0. The number of anilines is 1. The van der Waals surface area contributed by atoms with Crippen LogP contribution in [-0.2, 0) is 22.5 Å². The molecule has 3 heterocycles. The molecule has 9 heteroatoms. The van der Waals surface area contributed by atoms with Crippen molar-refractivity contribution in [1.82, 2.24) is 14.9 Å². The smallest absolute Gasteiger partial charge is 0.407 e. The number of alkyl carbamates (subject to hydrolysis) is 1. The third-order valence-electron chi connectivity index (χ3n) is 6.72. The molecule has 2 aliphatic rings. The van der Waals surface area contributed by atoms with Gasteiger partial charge in [0.15, 0.2) is 0 Å². The lowest BCUT2D eigenvalue weighted by molar-refractivity contribution is -0.121. The van der Waals surface area contributed by atoms with E-state index in [4.69, 9.17) is 16.3 Å². The van der Waals surface area contributed by atoms with Crippen LogP contribution in [0.25, 0.3) is 11.1 Å². The molecule has 0 bridgehead atoms. The Kier molecular flexibility index (Phi) is 7.07. The van der Waals surface area contributed by atoms with Gasteiger partial charge in [-0.05, 0) is 64.0 Å². The zero-order valence-corrected chi connectivity index (χ0v) is 22.3. The highest BCUT2D eigenvalue weighted by atomic mass is 35.5. The molecule has 1 fully saturated rings. The molecule has 192 valence electrons. The van der Waals surface area contributed by atoms with Crippen LogP contribution >= 0.6 is 11.6 Å². The van der Waals surface area contributed by atoms with Crippen molar-refractivity contribution in [2.45, 2.75) is 84.9 Å². The number of pyridine rings is 1. The molecule has 36 heavy (non-hydrogen) atoms. The summed E-state index contributed by atoms with van der Waals surface area (Å²) in [5, 5.41) is 16.0. The molecule has 1 aliphatic carbocycles. The second-order valence-corrected chi connectivity index (χ2v) is 12.1. The van der Waals surface area contributed by atoms with E-state index in [1.807, 2.05) is 26.8 Å². The highest BCUT2D eigenvalue weighted by Crippen LogP contribution is 2.42.